The number of H-pyrrole nitrogens is 1. The number of anilines is 2. The molecule has 0 spiro atoms. The van der Waals surface area contributed by atoms with Crippen LogP contribution in [0.2, 0.25) is 0 Å². The van der Waals surface area contributed by atoms with Crippen LogP contribution in [-0.2, 0) is 0 Å². The van der Waals surface area contributed by atoms with Crippen molar-refractivity contribution in [3.8, 4) is 11.1 Å². The Morgan fingerprint density at radius 1 is 1.28 bits per heavy atom. The predicted molar refractivity (Wildman–Crippen MR) is 102 cm³/mol. The minimum atomic E-state index is 0.160. The molecule has 0 saturated heterocycles. The lowest BCUT2D eigenvalue weighted by atomic mass is 9.97. The van der Waals surface area contributed by atoms with Crippen LogP contribution >= 0.6 is 0 Å². The average Bonchev–Trinajstić information content (AvgIpc) is 3.02. The Labute approximate surface area is 146 Å². The van der Waals surface area contributed by atoms with Crippen molar-refractivity contribution >= 4 is 28.4 Å². The third-order valence-electron chi connectivity index (χ3n) is 3.91. The molecule has 3 rings (SSSR count). The molecule has 0 aliphatic heterocycles. The number of nitrogens with zero attached hydrogens (tertiary/aromatic N) is 3. The predicted octanol–water partition coefficient (Wildman–Crippen LogP) is 4.79. The van der Waals surface area contributed by atoms with Crippen LogP contribution < -0.4 is 10.6 Å². The smallest absolute Gasteiger partial charge is 0.224 e. The normalized spacial score (nSPS) is 11.5. The molecule has 0 unspecified atom stereocenters. The Hall–Kier alpha value is -2.96. The molecule has 4 N–H and O–H groups in total. The summed E-state index contributed by atoms with van der Waals surface area (Å²) in [6, 6.07) is 5.75. The number of aromatic nitrogens is 3. The van der Waals surface area contributed by atoms with Crippen LogP contribution in [0.1, 0.15) is 20.8 Å². The molecule has 0 bridgehead atoms. The average molecular weight is 337 g/mol. The van der Waals surface area contributed by atoms with Crippen LogP contribution in [0, 0.1) is 10.9 Å². The van der Waals surface area contributed by atoms with E-state index < -0.39 is 0 Å². The fraction of sp³-hybridized carbons (Fsp3) is 0.333. The minimum absolute atomic E-state index is 0.160. The van der Waals surface area contributed by atoms with Gasteiger partial charge in [0.15, 0.2) is 0 Å². The molecule has 0 radical (unpaired) electrons. The Balaban J connectivity index is 1.95. The molecular formula is C18H23N7. The highest BCUT2D eigenvalue weighted by Gasteiger charge is 2.13. The molecule has 25 heavy (non-hydrogen) atoms. The molecule has 7 heteroatoms. The molecule has 3 aromatic rings. The second-order valence-corrected chi connectivity index (χ2v) is 7.17. The van der Waals surface area contributed by atoms with E-state index in [0.29, 0.717) is 11.6 Å². The maximum Gasteiger partial charge on any atom is 0.224 e. The zero-order valence-corrected chi connectivity index (χ0v) is 14.9. The number of nitrogens with one attached hydrogen (secondary N) is 4. The SMILES string of the molecule is CNc1cc(-c2c[nH]c3nc(NCC(C)(C)C)ncc23)ccc1N=N. The van der Waals surface area contributed by atoms with Crippen molar-refractivity contribution in [2.75, 3.05) is 24.2 Å². The van der Waals surface area contributed by atoms with Gasteiger partial charge in [-0.1, -0.05) is 26.8 Å². The van der Waals surface area contributed by atoms with Gasteiger partial charge < -0.3 is 15.6 Å². The van der Waals surface area contributed by atoms with Gasteiger partial charge in [0.05, 0.1) is 5.69 Å². The first-order valence-corrected chi connectivity index (χ1v) is 8.19. The highest BCUT2D eigenvalue weighted by molar-refractivity contribution is 5.94. The number of aromatic amines is 1. The van der Waals surface area contributed by atoms with Crippen molar-refractivity contribution in [3.63, 3.8) is 0 Å². The van der Waals surface area contributed by atoms with Gasteiger partial charge in [0.2, 0.25) is 5.95 Å². The summed E-state index contributed by atoms with van der Waals surface area (Å²) in [6.45, 7) is 7.29. The number of benzene rings is 1. The number of hydrogen-bond donors (Lipinski definition) is 4. The number of hydrogen-bond acceptors (Lipinski definition) is 6. The van der Waals surface area contributed by atoms with Gasteiger partial charge in [-0.2, -0.15) is 10.1 Å². The second-order valence-electron chi connectivity index (χ2n) is 7.17. The van der Waals surface area contributed by atoms with Gasteiger partial charge in [-0.05, 0) is 23.1 Å². The molecule has 0 amide bonds. The number of fused-ring (bicyclic) bond motifs is 1. The van der Waals surface area contributed by atoms with Gasteiger partial charge in [-0.25, -0.2) is 10.5 Å². The van der Waals surface area contributed by atoms with E-state index in [2.05, 4.69) is 51.5 Å². The van der Waals surface area contributed by atoms with Crippen molar-refractivity contribution < 1.29 is 0 Å². The summed E-state index contributed by atoms with van der Waals surface area (Å²) in [5.41, 5.74) is 11.6. The van der Waals surface area contributed by atoms with Crippen LogP contribution in [0.25, 0.3) is 22.2 Å². The summed E-state index contributed by atoms with van der Waals surface area (Å²) in [4.78, 5) is 12.2. The van der Waals surface area contributed by atoms with E-state index in [4.69, 9.17) is 5.53 Å². The van der Waals surface area contributed by atoms with Crippen LogP contribution in [0.3, 0.4) is 0 Å². The van der Waals surface area contributed by atoms with Gasteiger partial charge in [-0.3, -0.25) is 0 Å². The summed E-state index contributed by atoms with van der Waals surface area (Å²) < 4.78 is 0. The molecule has 2 aromatic heterocycles. The van der Waals surface area contributed by atoms with Gasteiger partial charge >= 0.3 is 0 Å². The Bertz CT molecular complexity index is 905. The molecule has 1 aromatic carbocycles. The van der Waals surface area contributed by atoms with E-state index in [-0.39, 0.29) is 5.41 Å². The van der Waals surface area contributed by atoms with Crippen LogP contribution in [0.15, 0.2) is 35.7 Å². The zero-order chi connectivity index (χ0) is 18.0. The van der Waals surface area contributed by atoms with E-state index in [1.807, 2.05) is 37.6 Å². The summed E-state index contributed by atoms with van der Waals surface area (Å²) in [5.74, 6) is 0.620. The Morgan fingerprint density at radius 3 is 2.76 bits per heavy atom. The van der Waals surface area contributed by atoms with Crippen molar-refractivity contribution in [2.45, 2.75) is 20.8 Å². The summed E-state index contributed by atoms with van der Waals surface area (Å²) >= 11 is 0. The van der Waals surface area contributed by atoms with E-state index in [0.717, 1.165) is 34.4 Å². The van der Waals surface area contributed by atoms with Gasteiger partial charge in [0.1, 0.15) is 11.3 Å². The van der Waals surface area contributed by atoms with Crippen molar-refractivity contribution in [1.29, 1.82) is 5.53 Å². The largest absolute Gasteiger partial charge is 0.386 e. The van der Waals surface area contributed by atoms with Gasteiger partial charge in [0.25, 0.3) is 0 Å². The highest BCUT2D eigenvalue weighted by Crippen LogP contribution is 2.33. The summed E-state index contributed by atoms with van der Waals surface area (Å²) in [6.07, 6.45) is 3.76. The van der Waals surface area contributed by atoms with Crippen LogP contribution in [-0.4, -0.2) is 28.5 Å². The lowest BCUT2D eigenvalue weighted by Crippen LogP contribution is -2.20. The maximum absolute atomic E-state index is 7.22. The van der Waals surface area contributed by atoms with E-state index in [1.165, 1.54) is 0 Å². The van der Waals surface area contributed by atoms with Gasteiger partial charge in [-0.15, -0.1) is 0 Å². The van der Waals surface area contributed by atoms with Gasteiger partial charge in [0, 0.05) is 36.9 Å². The molecule has 0 saturated carbocycles. The molecule has 2 heterocycles. The molecule has 130 valence electrons. The lowest BCUT2D eigenvalue weighted by Gasteiger charge is -2.18. The lowest BCUT2D eigenvalue weighted by molar-refractivity contribution is 0.442. The van der Waals surface area contributed by atoms with E-state index in [1.54, 1.807) is 0 Å². The number of rotatable bonds is 5. The van der Waals surface area contributed by atoms with E-state index in [9.17, 15) is 0 Å². The quantitative estimate of drug-likeness (QED) is 0.503. The Kier molecular flexibility index (Phi) is 4.39. The monoisotopic (exact) mass is 337 g/mol. The van der Waals surface area contributed by atoms with Crippen molar-refractivity contribution in [3.05, 3.63) is 30.6 Å². The second kappa shape index (κ2) is 6.51. The minimum Gasteiger partial charge on any atom is -0.386 e. The molecule has 0 aliphatic carbocycles. The fourth-order valence-corrected chi connectivity index (χ4v) is 2.58. The first-order chi connectivity index (χ1) is 11.9. The molecule has 7 nitrogen and oxygen atoms in total. The third-order valence-corrected chi connectivity index (χ3v) is 3.91. The first kappa shape index (κ1) is 16.9. The first-order valence-electron chi connectivity index (χ1n) is 8.19. The van der Waals surface area contributed by atoms with E-state index >= 15 is 0 Å². The highest BCUT2D eigenvalue weighted by atomic mass is 15.1. The van der Waals surface area contributed by atoms with Crippen molar-refractivity contribution in [1.82, 2.24) is 15.0 Å². The van der Waals surface area contributed by atoms with Crippen LogP contribution in [0.4, 0.5) is 17.3 Å². The molecular weight excluding hydrogens is 314 g/mol. The molecule has 0 fully saturated rings. The maximum atomic E-state index is 7.22. The third kappa shape index (κ3) is 3.60. The molecule has 0 atom stereocenters. The Morgan fingerprint density at radius 2 is 2.08 bits per heavy atom. The van der Waals surface area contributed by atoms with Crippen molar-refractivity contribution in [2.24, 2.45) is 10.5 Å². The summed E-state index contributed by atoms with van der Waals surface area (Å²) in [7, 11) is 1.82. The zero-order valence-electron chi connectivity index (χ0n) is 14.9. The topological polar surface area (TPSA) is 102 Å². The summed E-state index contributed by atoms with van der Waals surface area (Å²) in [5, 5.41) is 10.8. The fourth-order valence-electron chi connectivity index (χ4n) is 2.58. The molecule has 0 aliphatic rings. The van der Waals surface area contributed by atoms with Crippen LogP contribution in [0.5, 0.6) is 0 Å². The standard InChI is InChI=1S/C18H23N7/c1-18(2,3)10-23-17-22-9-13-12(8-21-16(13)24-17)11-5-6-14(25-19)15(7-11)20-4/h5-9,19-20H,10H2,1-4H3,(H2,21,22,23,24).